The SMILES string of the molecule is CCCOCCC1S[SH]1CCSCC. The molecule has 0 aromatic carbocycles. The highest BCUT2D eigenvalue weighted by atomic mass is 33.2. The molecule has 0 N–H and O–H groups in total. The molecule has 0 spiro atoms. The van der Waals surface area contributed by atoms with Gasteiger partial charge in [0, 0.05) is 19.0 Å². The molecule has 1 rings (SSSR count). The van der Waals surface area contributed by atoms with E-state index in [1.807, 2.05) is 0 Å². The summed E-state index contributed by atoms with van der Waals surface area (Å²) in [7, 11) is 2.59. The fourth-order valence-electron chi connectivity index (χ4n) is 1.25. The molecule has 0 aromatic heterocycles. The summed E-state index contributed by atoms with van der Waals surface area (Å²) in [5, 5.41) is 0. The first kappa shape index (κ1) is 13.1. The van der Waals surface area contributed by atoms with Gasteiger partial charge in [-0.1, -0.05) is 13.8 Å². The molecule has 1 aliphatic heterocycles. The second kappa shape index (κ2) is 8.20. The summed E-state index contributed by atoms with van der Waals surface area (Å²) < 4.78 is 6.48. The molecule has 2 atom stereocenters. The van der Waals surface area contributed by atoms with Gasteiger partial charge < -0.3 is 4.74 Å². The van der Waals surface area contributed by atoms with Crippen molar-refractivity contribution in [1.82, 2.24) is 0 Å². The molecule has 4 heteroatoms. The van der Waals surface area contributed by atoms with Crippen molar-refractivity contribution in [2.24, 2.45) is 0 Å². The first-order chi connectivity index (χ1) is 6.88. The number of ether oxygens (including phenoxy) is 1. The van der Waals surface area contributed by atoms with Crippen LogP contribution in [0.25, 0.3) is 0 Å². The third kappa shape index (κ3) is 5.79. The summed E-state index contributed by atoms with van der Waals surface area (Å²) in [6, 6.07) is 0. The topological polar surface area (TPSA) is 9.23 Å². The van der Waals surface area contributed by atoms with Crippen LogP contribution in [-0.2, 0) is 4.74 Å². The lowest BCUT2D eigenvalue weighted by molar-refractivity contribution is 0.135. The maximum Gasteiger partial charge on any atom is 0.0514 e. The number of rotatable bonds is 9. The Bertz CT molecular complexity index is 143. The van der Waals surface area contributed by atoms with Crippen LogP contribution in [0, 0.1) is 0 Å². The Morgan fingerprint density at radius 3 is 2.93 bits per heavy atom. The Balaban J connectivity index is 1.82. The van der Waals surface area contributed by atoms with Crippen molar-refractivity contribution in [2.45, 2.75) is 31.3 Å². The molecule has 0 aliphatic carbocycles. The standard InChI is InChI=1S/C10H22OS3/c1-3-6-11-7-5-10-13-14(10)9-8-12-4-2/h10,14H,3-9H2,1-2H3. The predicted octanol–water partition coefficient (Wildman–Crippen LogP) is 3.55. The van der Waals surface area contributed by atoms with Gasteiger partial charge in [0.05, 0.1) is 4.58 Å². The highest BCUT2D eigenvalue weighted by Gasteiger charge is 2.33. The average molecular weight is 254 g/mol. The smallest absolute Gasteiger partial charge is 0.0514 e. The number of hydrogen-bond donors (Lipinski definition) is 1. The van der Waals surface area contributed by atoms with E-state index < -0.39 is 0 Å². The molecule has 0 aromatic rings. The van der Waals surface area contributed by atoms with Gasteiger partial charge in [0.1, 0.15) is 0 Å². The van der Waals surface area contributed by atoms with E-state index in [2.05, 4.69) is 36.4 Å². The minimum atomic E-state index is 0.369. The molecule has 1 heterocycles. The number of hydrogen-bond acceptors (Lipinski definition) is 3. The molecule has 1 nitrogen and oxygen atoms in total. The lowest BCUT2D eigenvalue weighted by Crippen LogP contribution is -1.98. The maximum absolute atomic E-state index is 5.50. The van der Waals surface area contributed by atoms with E-state index >= 15 is 0 Å². The van der Waals surface area contributed by atoms with Gasteiger partial charge in [-0.05, 0) is 24.3 Å². The van der Waals surface area contributed by atoms with Gasteiger partial charge in [-0.2, -0.15) is 21.7 Å². The summed E-state index contributed by atoms with van der Waals surface area (Å²) in [6.07, 6.45) is 2.45. The highest BCUT2D eigenvalue weighted by molar-refractivity contribution is 9.00. The zero-order valence-electron chi connectivity index (χ0n) is 9.20. The van der Waals surface area contributed by atoms with Gasteiger partial charge in [-0.25, -0.2) is 0 Å². The van der Waals surface area contributed by atoms with Crippen molar-refractivity contribution in [2.75, 3.05) is 30.5 Å². The number of thiol groups is 1. The van der Waals surface area contributed by atoms with Gasteiger partial charge in [-0.15, -0.1) is 10.8 Å². The van der Waals surface area contributed by atoms with Crippen LogP contribution in [0.15, 0.2) is 0 Å². The van der Waals surface area contributed by atoms with E-state index in [-0.39, 0.29) is 0 Å². The second-order valence-corrected chi connectivity index (χ2v) is 9.77. The van der Waals surface area contributed by atoms with Gasteiger partial charge in [0.2, 0.25) is 0 Å². The molecule has 1 aliphatic rings. The van der Waals surface area contributed by atoms with Crippen LogP contribution in [0.5, 0.6) is 0 Å². The molecule has 86 valence electrons. The molecule has 2 unspecified atom stereocenters. The fourth-order valence-corrected chi connectivity index (χ4v) is 7.33. The third-order valence-electron chi connectivity index (χ3n) is 2.05. The van der Waals surface area contributed by atoms with Gasteiger partial charge in [0.25, 0.3) is 0 Å². The Kier molecular flexibility index (Phi) is 7.66. The van der Waals surface area contributed by atoms with E-state index in [4.69, 9.17) is 4.74 Å². The average Bonchev–Trinajstić information content (AvgIpc) is 2.92. The Hall–Kier alpha value is 1.01. The third-order valence-corrected chi connectivity index (χ3v) is 8.45. The summed E-state index contributed by atoms with van der Waals surface area (Å²) in [4.78, 5) is 0. The van der Waals surface area contributed by atoms with Crippen molar-refractivity contribution < 1.29 is 4.74 Å². The van der Waals surface area contributed by atoms with E-state index in [1.165, 1.54) is 23.7 Å². The lowest BCUT2D eigenvalue weighted by atomic mass is 10.5. The van der Waals surface area contributed by atoms with Crippen LogP contribution < -0.4 is 0 Å². The fraction of sp³-hybridized carbons (Fsp3) is 1.00. The van der Waals surface area contributed by atoms with E-state index in [9.17, 15) is 0 Å². The van der Waals surface area contributed by atoms with Crippen molar-refractivity contribution in [3.8, 4) is 0 Å². The van der Waals surface area contributed by atoms with Crippen molar-refractivity contribution in [3.63, 3.8) is 0 Å². The zero-order chi connectivity index (χ0) is 10.2. The van der Waals surface area contributed by atoms with Crippen LogP contribution in [0.3, 0.4) is 0 Å². The quantitative estimate of drug-likeness (QED) is 0.292. The first-order valence-electron chi connectivity index (χ1n) is 5.47. The van der Waals surface area contributed by atoms with E-state index in [1.54, 1.807) is 0 Å². The molecular weight excluding hydrogens is 232 g/mol. The normalized spacial score (nSPS) is 27.9. The van der Waals surface area contributed by atoms with Crippen LogP contribution in [-0.4, -0.2) is 35.1 Å². The van der Waals surface area contributed by atoms with E-state index in [0.29, 0.717) is 9.93 Å². The van der Waals surface area contributed by atoms with Crippen molar-refractivity contribution >= 4 is 32.5 Å². The molecular formula is C10H22OS3. The second-order valence-electron chi connectivity index (χ2n) is 3.30. The van der Waals surface area contributed by atoms with Crippen LogP contribution in [0.4, 0.5) is 0 Å². The van der Waals surface area contributed by atoms with Crippen LogP contribution >= 0.6 is 32.5 Å². The Labute approximate surface area is 98.9 Å². The first-order valence-corrected chi connectivity index (χ1v) is 9.71. The zero-order valence-corrected chi connectivity index (χ0v) is 11.7. The molecule has 14 heavy (non-hydrogen) atoms. The van der Waals surface area contributed by atoms with Crippen LogP contribution in [0.2, 0.25) is 0 Å². The molecule has 0 bridgehead atoms. The number of thioether (sulfide) groups is 1. The minimum absolute atomic E-state index is 0.369. The molecule has 0 saturated carbocycles. The Morgan fingerprint density at radius 2 is 2.21 bits per heavy atom. The van der Waals surface area contributed by atoms with Crippen molar-refractivity contribution in [1.29, 1.82) is 0 Å². The van der Waals surface area contributed by atoms with Gasteiger partial charge in [-0.3, -0.25) is 0 Å². The van der Waals surface area contributed by atoms with Gasteiger partial charge in [0.15, 0.2) is 0 Å². The summed E-state index contributed by atoms with van der Waals surface area (Å²) in [5.41, 5.74) is 0. The molecule has 0 radical (unpaired) electrons. The molecule has 1 saturated heterocycles. The lowest BCUT2D eigenvalue weighted by Gasteiger charge is -2.02. The van der Waals surface area contributed by atoms with Gasteiger partial charge >= 0.3 is 0 Å². The summed E-state index contributed by atoms with van der Waals surface area (Å²) in [6.45, 7) is 6.35. The van der Waals surface area contributed by atoms with Crippen molar-refractivity contribution in [3.05, 3.63) is 0 Å². The summed E-state index contributed by atoms with van der Waals surface area (Å²) >= 11 is 2.08. The Morgan fingerprint density at radius 1 is 1.36 bits per heavy atom. The highest BCUT2D eigenvalue weighted by Crippen LogP contribution is 2.69. The molecule has 0 amide bonds. The molecule has 1 fully saturated rings. The predicted molar refractivity (Wildman–Crippen MR) is 74.0 cm³/mol. The maximum atomic E-state index is 5.50. The summed E-state index contributed by atoms with van der Waals surface area (Å²) in [5.74, 6) is 4.12. The van der Waals surface area contributed by atoms with E-state index in [0.717, 1.165) is 24.2 Å². The minimum Gasteiger partial charge on any atom is -0.381 e. The largest absolute Gasteiger partial charge is 0.381 e. The van der Waals surface area contributed by atoms with Crippen LogP contribution in [0.1, 0.15) is 26.7 Å². The monoisotopic (exact) mass is 254 g/mol.